The Kier molecular flexibility index (Phi) is 3.99. The fourth-order valence-electron chi connectivity index (χ4n) is 2.62. The molecule has 1 unspecified atom stereocenters. The predicted molar refractivity (Wildman–Crippen MR) is 71.7 cm³/mol. The first-order valence-corrected chi connectivity index (χ1v) is 6.43. The number of aryl methyl sites for hydroxylation is 1. The summed E-state index contributed by atoms with van der Waals surface area (Å²) in [5.41, 5.74) is 14.7. The second-order valence-electron chi connectivity index (χ2n) is 5.00. The van der Waals surface area contributed by atoms with Crippen molar-refractivity contribution in [2.45, 2.75) is 38.9 Å². The molecule has 4 nitrogen and oxygen atoms in total. The van der Waals surface area contributed by atoms with Crippen LogP contribution >= 0.6 is 0 Å². The lowest BCUT2D eigenvalue weighted by molar-refractivity contribution is -0.122. The summed E-state index contributed by atoms with van der Waals surface area (Å²) in [4.78, 5) is 13.5. The summed E-state index contributed by atoms with van der Waals surface area (Å²) in [6.07, 6.45) is 1.93. The minimum atomic E-state index is -0.205. The van der Waals surface area contributed by atoms with E-state index >= 15 is 0 Å². The molecule has 1 saturated heterocycles. The van der Waals surface area contributed by atoms with E-state index in [1.807, 2.05) is 0 Å². The van der Waals surface area contributed by atoms with E-state index in [0.717, 1.165) is 31.5 Å². The summed E-state index contributed by atoms with van der Waals surface area (Å²) in [7, 11) is 0. The molecule has 1 aromatic rings. The van der Waals surface area contributed by atoms with Crippen molar-refractivity contribution in [3.05, 3.63) is 34.9 Å². The van der Waals surface area contributed by atoms with Gasteiger partial charge in [-0.05, 0) is 43.0 Å². The van der Waals surface area contributed by atoms with Crippen LogP contribution < -0.4 is 11.5 Å². The fourth-order valence-corrected chi connectivity index (χ4v) is 2.62. The maximum Gasteiger partial charge on any atom is 0.234 e. The third kappa shape index (κ3) is 2.71. The number of hydrogen-bond donors (Lipinski definition) is 2. The van der Waals surface area contributed by atoms with Crippen LogP contribution in [0.5, 0.6) is 0 Å². The molecule has 0 aliphatic carbocycles. The topological polar surface area (TPSA) is 72.3 Å². The lowest BCUT2D eigenvalue weighted by Gasteiger charge is -2.22. The third-order valence-corrected chi connectivity index (χ3v) is 3.71. The number of primary amides is 1. The lowest BCUT2D eigenvalue weighted by atomic mass is 10.0. The number of benzene rings is 1. The van der Waals surface area contributed by atoms with Gasteiger partial charge in [0.2, 0.25) is 5.91 Å². The third-order valence-electron chi connectivity index (χ3n) is 3.71. The van der Waals surface area contributed by atoms with E-state index in [1.54, 1.807) is 0 Å². The Balaban J connectivity index is 2.11. The van der Waals surface area contributed by atoms with E-state index in [9.17, 15) is 4.79 Å². The van der Waals surface area contributed by atoms with Crippen molar-refractivity contribution in [3.63, 3.8) is 0 Å². The largest absolute Gasteiger partial charge is 0.368 e. The van der Waals surface area contributed by atoms with Crippen LogP contribution in [0.3, 0.4) is 0 Å². The Morgan fingerprint density at radius 3 is 2.89 bits per heavy atom. The number of carbonyl (C=O) groups is 1. The van der Waals surface area contributed by atoms with Crippen LogP contribution in [0, 0.1) is 6.92 Å². The van der Waals surface area contributed by atoms with Crippen LogP contribution in [-0.4, -0.2) is 23.4 Å². The zero-order valence-electron chi connectivity index (χ0n) is 10.9. The average molecular weight is 247 g/mol. The zero-order valence-corrected chi connectivity index (χ0v) is 10.9. The number of likely N-dealkylation sites (tertiary alicyclic amines) is 1. The first kappa shape index (κ1) is 13.1. The Morgan fingerprint density at radius 1 is 1.50 bits per heavy atom. The Hall–Kier alpha value is -1.39. The molecule has 98 valence electrons. The number of carbonyl (C=O) groups excluding carboxylic acids is 1. The monoisotopic (exact) mass is 247 g/mol. The summed E-state index contributed by atoms with van der Waals surface area (Å²) in [6.45, 7) is 4.40. The fraction of sp³-hybridized carbons (Fsp3) is 0.500. The molecular formula is C14H21N3O. The average Bonchev–Trinajstić information content (AvgIpc) is 2.80. The molecule has 0 spiro atoms. The summed E-state index contributed by atoms with van der Waals surface area (Å²) >= 11 is 0. The molecule has 1 aliphatic heterocycles. The highest BCUT2D eigenvalue weighted by molar-refractivity contribution is 5.80. The number of nitrogens with two attached hydrogens (primary N) is 2. The van der Waals surface area contributed by atoms with Crippen LogP contribution in [0.1, 0.15) is 29.5 Å². The van der Waals surface area contributed by atoms with E-state index in [4.69, 9.17) is 11.5 Å². The Morgan fingerprint density at radius 2 is 2.28 bits per heavy atom. The van der Waals surface area contributed by atoms with E-state index in [2.05, 4.69) is 30.0 Å². The van der Waals surface area contributed by atoms with Gasteiger partial charge < -0.3 is 11.5 Å². The van der Waals surface area contributed by atoms with Gasteiger partial charge in [0.1, 0.15) is 0 Å². The van der Waals surface area contributed by atoms with Crippen LogP contribution in [-0.2, 0) is 17.9 Å². The summed E-state index contributed by atoms with van der Waals surface area (Å²) in [6, 6.07) is 6.18. The first-order valence-electron chi connectivity index (χ1n) is 6.43. The maximum absolute atomic E-state index is 11.4. The normalized spacial score (nSPS) is 20.2. The second kappa shape index (κ2) is 5.50. The first-order chi connectivity index (χ1) is 8.61. The van der Waals surface area contributed by atoms with Crippen LogP contribution in [0.25, 0.3) is 0 Å². The van der Waals surface area contributed by atoms with Crippen LogP contribution in [0.2, 0.25) is 0 Å². The molecular weight excluding hydrogens is 226 g/mol. The van der Waals surface area contributed by atoms with E-state index in [0.29, 0.717) is 6.54 Å². The molecule has 4 N–H and O–H groups in total. The van der Waals surface area contributed by atoms with Gasteiger partial charge in [-0.2, -0.15) is 0 Å². The predicted octanol–water partition coefficient (Wildman–Crippen LogP) is 0.903. The van der Waals surface area contributed by atoms with Gasteiger partial charge in [0.15, 0.2) is 0 Å². The van der Waals surface area contributed by atoms with Gasteiger partial charge in [0, 0.05) is 13.1 Å². The van der Waals surface area contributed by atoms with Crippen molar-refractivity contribution in [1.29, 1.82) is 0 Å². The molecule has 1 amide bonds. The Bertz CT molecular complexity index is 445. The SMILES string of the molecule is Cc1cc(CN)ccc1CN1CCCC1C(N)=O. The maximum atomic E-state index is 11.4. The van der Waals surface area contributed by atoms with Gasteiger partial charge in [-0.1, -0.05) is 18.2 Å². The van der Waals surface area contributed by atoms with Gasteiger partial charge in [-0.15, -0.1) is 0 Å². The number of amides is 1. The van der Waals surface area contributed by atoms with Crippen molar-refractivity contribution in [2.24, 2.45) is 11.5 Å². The smallest absolute Gasteiger partial charge is 0.234 e. The Labute approximate surface area is 108 Å². The molecule has 2 rings (SSSR count). The zero-order chi connectivity index (χ0) is 13.1. The standard InChI is InChI=1S/C14H21N3O/c1-10-7-11(8-15)4-5-12(10)9-17-6-2-3-13(17)14(16)18/h4-5,7,13H,2-3,6,8-9,15H2,1H3,(H2,16,18). The number of rotatable bonds is 4. The van der Waals surface area contributed by atoms with Gasteiger partial charge in [0.05, 0.1) is 6.04 Å². The van der Waals surface area contributed by atoms with E-state index < -0.39 is 0 Å². The molecule has 4 heteroatoms. The van der Waals surface area contributed by atoms with Gasteiger partial charge in [0.25, 0.3) is 0 Å². The molecule has 1 fully saturated rings. The second-order valence-corrected chi connectivity index (χ2v) is 5.00. The molecule has 1 atom stereocenters. The molecule has 1 heterocycles. The molecule has 1 aliphatic rings. The van der Waals surface area contributed by atoms with Crippen LogP contribution in [0.15, 0.2) is 18.2 Å². The summed E-state index contributed by atoms with van der Waals surface area (Å²) in [5, 5.41) is 0. The number of hydrogen-bond acceptors (Lipinski definition) is 3. The highest BCUT2D eigenvalue weighted by Crippen LogP contribution is 2.21. The molecule has 0 bridgehead atoms. The van der Waals surface area contributed by atoms with Crippen molar-refractivity contribution in [3.8, 4) is 0 Å². The number of nitrogens with zero attached hydrogens (tertiary/aromatic N) is 1. The van der Waals surface area contributed by atoms with Gasteiger partial charge >= 0.3 is 0 Å². The van der Waals surface area contributed by atoms with Crippen LogP contribution in [0.4, 0.5) is 0 Å². The van der Waals surface area contributed by atoms with Gasteiger partial charge in [-0.25, -0.2) is 0 Å². The molecule has 0 aromatic heterocycles. The molecule has 1 aromatic carbocycles. The molecule has 0 saturated carbocycles. The van der Waals surface area contributed by atoms with E-state index in [1.165, 1.54) is 11.1 Å². The van der Waals surface area contributed by atoms with E-state index in [-0.39, 0.29) is 11.9 Å². The highest BCUT2D eigenvalue weighted by Gasteiger charge is 2.28. The summed E-state index contributed by atoms with van der Waals surface area (Å²) in [5.74, 6) is -0.205. The van der Waals surface area contributed by atoms with Crippen molar-refractivity contribution in [2.75, 3.05) is 6.54 Å². The quantitative estimate of drug-likeness (QED) is 0.830. The minimum Gasteiger partial charge on any atom is -0.368 e. The van der Waals surface area contributed by atoms with Crippen molar-refractivity contribution >= 4 is 5.91 Å². The molecule has 18 heavy (non-hydrogen) atoms. The lowest BCUT2D eigenvalue weighted by Crippen LogP contribution is -2.39. The molecule has 0 radical (unpaired) electrons. The van der Waals surface area contributed by atoms with Crippen molar-refractivity contribution in [1.82, 2.24) is 4.90 Å². The summed E-state index contributed by atoms with van der Waals surface area (Å²) < 4.78 is 0. The van der Waals surface area contributed by atoms with Crippen molar-refractivity contribution < 1.29 is 4.79 Å². The minimum absolute atomic E-state index is 0.0985. The van der Waals surface area contributed by atoms with Gasteiger partial charge in [-0.3, -0.25) is 9.69 Å². The highest BCUT2D eigenvalue weighted by atomic mass is 16.1.